The minimum Gasteiger partial charge on any atom is -0.295 e. The number of carbonyl (C=O) groups is 1. The lowest BCUT2D eigenvalue weighted by Gasteiger charge is -2.02. The smallest absolute Gasteiger partial charge is 0.152 e. The van der Waals surface area contributed by atoms with Crippen LogP contribution in [-0.4, -0.2) is 5.52 Å². The van der Waals surface area contributed by atoms with Crippen LogP contribution in [0, 0.1) is 13.8 Å². The van der Waals surface area contributed by atoms with Gasteiger partial charge in [-0.3, -0.25) is 4.79 Å². The molecule has 64 valence electrons. The van der Waals surface area contributed by atoms with Crippen LogP contribution in [0.15, 0.2) is 18.2 Å². The predicted octanol–water partition coefficient (Wildman–Crippen LogP) is 2.25. The third kappa shape index (κ3) is 2.42. The molecule has 1 rings (SSSR count). The van der Waals surface area contributed by atoms with Crippen LogP contribution < -0.4 is 0 Å². The summed E-state index contributed by atoms with van der Waals surface area (Å²) >= 11 is 0. The fourth-order valence-electron chi connectivity index (χ4n) is 1.11. The van der Waals surface area contributed by atoms with Crippen molar-refractivity contribution in [3.63, 3.8) is 0 Å². The van der Waals surface area contributed by atoms with Crippen molar-refractivity contribution in [2.45, 2.75) is 20.3 Å². The van der Waals surface area contributed by atoms with Gasteiger partial charge in [0.25, 0.3) is 0 Å². The Kier molecular flexibility index (Phi) is 2.99. The average Bonchev–Trinajstić information content (AvgIpc) is 1.96. The minimum absolute atomic E-state index is 0.137. The second-order valence-electron chi connectivity index (χ2n) is 3.06. The Hall–Kier alpha value is -0.680. The molecule has 0 aliphatic heterocycles. The fraction of sp³-hybridized carbons (Fsp3) is 0.300. The minimum atomic E-state index is 0.137. The molecule has 0 bridgehead atoms. The molecule has 0 aromatic heterocycles. The first-order valence-corrected chi connectivity index (χ1v) is 4.52. The first-order valence-electron chi connectivity index (χ1n) is 3.94. The SMILES string of the molecule is Cc1ccc(CC(=O)P)cc1C. The zero-order valence-corrected chi connectivity index (χ0v) is 8.58. The Morgan fingerprint density at radius 2 is 2.00 bits per heavy atom. The van der Waals surface area contributed by atoms with E-state index in [1.165, 1.54) is 11.1 Å². The van der Waals surface area contributed by atoms with Crippen molar-refractivity contribution < 1.29 is 4.79 Å². The molecular formula is C10H13OP. The lowest BCUT2D eigenvalue weighted by Crippen LogP contribution is -1.93. The summed E-state index contributed by atoms with van der Waals surface area (Å²) < 4.78 is 0. The van der Waals surface area contributed by atoms with Crippen molar-refractivity contribution in [3.05, 3.63) is 34.9 Å². The maximum atomic E-state index is 10.8. The Balaban J connectivity index is 2.89. The summed E-state index contributed by atoms with van der Waals surface area (Å²) in [6, 6.07) is 6.12. The number of rotatable bonds is 2. The van der Waals surface area contributed by atoms with Gasteiger partial charge < -0.3 is 0 Å². The average molecular weight is 180 g/mol. The predicted molar refractivity (Wildman–Crippen MR) is 54.3 cm³/mol. The van der Waals surface area contributed by atoms with Crippen LogP contribution in [0.2, 0.25) is 0 Å². The monoisotopic (exact) mass is 180 g/mol. The molecule has 0 N–H and O–H groups in total. The normalized spacial score (nSPS) is 9.92. The van der Waals surface area contributed by atoms with Gasteiger partial charge in [0.1, 0.15) is 0 Å². The summed E-state index contributed by atoms with van der Waals surface area (Å²) in [6.07, 6.45) is 0.520. The lowest BCUT2D eigenvalue weighted by atomic mass is 10.1. The molecule has 12 heavy (non-hydrogen) atoms. The van der Waals surface area contributed by atoms with Crippen LogP contribution in [0.5, 0.6) is 0 Å². The molecular weight excluding hydrogens is 167 g/mol. The molecule has 0 amide bonds. The third-order valence-corrected chi connectivity index (χ3v) is 2.15. The van der Waals surface area contributed by atoms with E-state index in [0.29, 0.717) is 6.42 Å². The van der Waals surface area contributed by atoms with Crippen molar-refractivity contribution in [2.24, 2.45) is 0 Å². The number of carbonyl (C=O) groups excluding carboxylic acids is 1. The van der Waals surface area contributed by atoms with E-state index >= 15 is 0 Å². The molecule has 0 aliphatic carbocycles. The van der Waals surface area contributed by atoms with E-state index < -0.39 is 0 Å². The van der Waals surface area contributed by atoms with Crippen LogP contribution in [0.25, 0.3) is 0 Å². The van der Waals surface area contributed by atoms with Gasteiger partial charge in [0.15, 0.2) is 5.52 Å². The highest BCUT2D eigenvalue weighted by molar-refractivity contribution is 7.40. The van der Waals surface area contributed by atoms with E-state index in [1.807, 2.05) is 6.07 Å². The van der Waals surface area contributed by atoms with Crippen molar-refractivity contribution in [3.8, 4) is 0 Å². The first-order chi connectivity index (χ1) is 5.59. The van der Waals surface area contributed by atoms with E-state index in [2.05, 4.69) is 35.2 Å². The van der Waals surface area contributed by atoms with E-state index in [-0.39, 0.29) is 5.52 Å². The highest BCUT2D eigenvalue weighted by atomic mass is 31.0. The Morgan fingerprint density at radius 1 is 1.33 bits per heavy atom. The second kappa shape index (κ2) is 3.82. The van der Waals surface area contributed by atoms with Crippen molar-refractivity contribution in [1.29, 1.82) is 0 Å². The van der Waals surface area contributed by atoms with E-state index in [9.17, 15) is 4.79 Å². The van der Waals surface area contributed by atoms with E-state index in [1.54, 1.807) is 0 Å². The highest BCUT2D eigenvalue weighted by Gasteiger charge is 1.98. The highest BCUT2D eigenvalue weighted by Crippen LogP contribution is 2.11. The molecule has 1 unspecified atom stereocenters. The molecule has 0 spiro atoms. The van der Waals surface area contributed by atoms with Gasteiger partial charge in [-0.25, -0.2) is 0 Å². The first kappa shape index (κ1) is 9.41. The quantitative estimate of drug-likeness (QED) is 0.638. The molecule has 1 aromatic rings. The summed E-state index contributed by atoms with van der Waals surface area (Å²) in [5.41, 5.74) is 3.75. The molecule has 0 saturated carbocycles. The van der Waals surface area contributed by atoms with Crippen molar-refractivity contribution in [1.82, 2.24) is 0 Å². The van der Waals surface area contributed by atoms with Gasteiger partial charge >= 0.3 is 0 Å². The molecule has 1 atom stereocenters. The lowest BCUT2D eigenvalue weighted by molar-refractivity contribution is -0.110. The molecule has 0 fully saturated rings. The molecule has 2 heteroatoms. The van der Waals surface area contributed by atoms with E-state index in [4.69, 9.17) is 0 Å². The Labute approximate surface area is 75.4 Å². The summed E-state index contributed by atoms with van der Waals surface area (Å²) in [7, 11) is 2.20. The molecule has 1 nitrogen and oxygen atoms in total. The fourth-order valence-corrected chi connectivity index (χ4v) is 1.35. The zero-order valence-electron chi connectivity index (χ0n) is 7.42. The number of hydrogen-bond acceptors (Lipinski definition) is 1. The molecule has 0 radical (unpaired) electrons. The summed E-state index contributed by atoms with van der Waals surface area (Å²) in [4.78, 5) is 10.8. The third-order valence-electron chi connectivity index (χ3n) is 1.95. The second-order valence-corrected chi connectivity index (χ2v) is 3.71. The summed E-state index contributed by atoms with van der Waals surface area (Å²) in [5.74, 6) is 0. The van der Waals surface area contributed by atoms with Crippen LogP contribution in [-0.2, 0) is 11.2 Å². The standard InChI is InChI=1S/C10H13OP/c1-7-3-4-9(5-8(7)2)6-10(11)12/h3-5H,6,12H2,1-2H3. The maximum Gasteiger partial charge on any atom is 0.152 e. The van der Waals surface area contributed by atoms with Gasteiger partial charge in [-0.05, 0) is 30.5 Å². The van der Waals surface area contributed by atoms with Crippen LogP contribution in [0.4, 0.5) is 0 Å². The van der Waals surface area contributed by atoms with Gasteiger partial charge in [-0.15, -0.1) is 0 Å². The summed E-state index contributed by atoms with van der Waals surface area (Å²) in [5, 5.41) is 0. The van der Waals surface area contributed by atoms with E-state index in [0.717, 1.165) is 5.56 Å². The largest absolute Gasteiger partial charge is 0.295 e. The maximum absolute atomic E-state index is 10.8. The molecule has 0 heterocycles. The molecule has 0 saturated heterocycles. The zero-order chi connectivity index (χ0) is 9.14. The van der Waals surface area contributed by atoms with Gasteiger partial charge in [-0.2, -0.15) is 0 Å². The summed E-state index contributed by atoms with van der Waals surface area (Å²) in [6.45, 7) is 4.13. The number of hydrogen-bond donors (Lipinski definition) is 0. The van der Waals surface area contributed by atoms with Crippen molar-refractivity contribution in [2.75, 3.05) is 0 Å². The molecule has 0 aliphatic rings. The molecule has 1 aromatic carbocycles. The number of aryl methyl sites for hydroxylation is 2. The topological polar surface area (TPSA) is 17.1 Å². The van der Waals surface area contributed by atoms with Crippen LogP contribution >= 0.6 is 9.24 Å². The Bertz CT molecular complexity index is 305. The van der Waals surface area contributed by atoms with Crippen LogP contribution in [0.3, 0.4) is 0 Å². The van der Waals surface area contributed by atoms with Gasteiger partial charge in [0, 0.05) is 6.42 Å². The van der Waals surface area contributed by atoms with Crippen molar-refractivity contribution >= 4 is 14.8 Å². The number of benzene rings is 1. The van der Waals surface area contributed by atoms with Gasteiger partial charge in [0.05, 0.1) is 0 Å². The van der Waals surface area contributed by atoms with Gasteiger partial charge in [-0.1, -0.05) is 27.4 Å². The van der Waals surface area contributed by atoms with Crippen LogP contribution in [0.1, 0.15) is 16.7 Å². The Morgan fingerprint density at radius 3 is 2.50 bits per heavy atom. The van der Waals surface area contributed by atoms with Gasteiger partial charge in [0.2, 0.25) is 0 Å².